The predicted octanol–water partition coefficient (Wildman–Crippen LogP) is 4.46. The molecule has 0 bridgehead atoms. The molecule has 1 N–H and O–H groups in total. The van der Waals surface area contributed by atoms with Gasteiger partial charge in [0.05, 0.1) is 29.7 Å². The van der Waals surface area contributed by atoms with Crippen LogP contribution in [0.4, 0.5) is 11.5 Å². The summed E-state index contributed by atoms with van der Waals surface area (Å²) in [5.74, 6) is 2.82. The highest BCUT2D eigenvalue weighted by Gasteiger charge is 2.36. The average molecular weight is 527 g/mol. The molecule has 1 amide bonds. The lowest BCUT2D eigenvalue weighted by molar-refractivity contribution is -0.133. The van der Waals surface area contributed by atoms with Crippen molar-refractivity contribution >= 4 is 17.4 Å². The molecule has 5 heterocycles. The van der Waals surface area contributed by atoms with Crippen molar-refractivity contribution in [1.29, 1.82) is 0 Å². The summed E-state index contributed by atoms with van der Waals surface area (Å²) in [5, 5.41) is 3.56. The molecule has 0 aliphatic carbocycles. The summed E-state index contributed by atoms with van der Waals surface area (Å²) in [7, 11) is 0. The third-order valence-corrected chi connectivity index (χ3v) is 8.02. The van der Waals surface area contributed by atoms with Gasteiger partial charge >= 0.3 is 0 Å². The Labute approximate surface area is 228 Å². The van der Waals surface area contributed by atoms with Crippen LogP contribution in [0.2, 0.25) is 0 Å². The monoisotopic (exact) mass is 526 g/mol. The topological polar surface area (TPSA) is 92.7 Å². The molecule has 0 spiro atoms. The third kappa shape index (κ3) is 4.94. The zero-order valence-corrected chi connectivity index (χ0v) is 22.5. The Morgan fingerprint density at radius 3 is 2.79 bits per heavy atom. The first-order chi connectivity index (χ1) is 19.0. The average Bonchev–Trinajstić information content (AvgIpc) is 3.12. The number of aryl methyl sites for hydroxylation is 1. The van der Waals surface area contributed by atoms with E-state index in [-0.39, 0.29) is 5.91 Å². The number of pyridine rings is 1. The molecule has 202 valence electrons. The number of amides is 1. The van der Waals surface area contributed by atoms with E-state index >= 15 is 0 Å². The van der Waals surface area contributed by atoms with Gasteiger partial charge in [0, 0.05) is 30.9 Å². The summed E-state index contributed by atoms with van der Waals surface area (Å²) >= 11 is 0. The molecule has 3 aliphatic heterocycles. The van der Waals surface area contributed by atoms with Gasteiger partial charge in [-0.1, -0.05) is 12.6 Å². The van der Waals surface area contributed by atoms with Crippen molar-refractivity contribution in [3.63, 3.8) is 0 Å². The van der Waals surface area contributed by atoms with Crippen LogP contribution in [-0.4, -0.2) is 69.5 Å². The minimum Gasteiger partial charge on any atom is -0.492 e. The summed E-state index contributed by atoms with van der Waals surface area (Å²) in [6, 6.07) is 6.91. The van der Waals surface area contributed by atoms with Gasteiger partial charge < -0.3 is 19.7 Å². The van der Waals surface area contributed by atoms with Gasteiger partial charge in [0.1, 0.15) is 30.3 Å². The standard InChI is InChI=1S/C30H34N6O3/c1-4-27(37)36-15-23(16-36)35-8-6-20(7-9-35)21-10-19(3)29-26(12-21)34-30-25(17-39-29)28(32-18-33-30)22-11-24(38-5-2)14-31-13-22/h4,10-14,18,20,23H,1,5-9,15-17H2,2-3H3,(H,32,33,34). The van der Waals surface area contributed by atoms with E-state index in [0.717, 1.165) is 78.7 Å². The number of anilines is 2. The Bertz CT molecular complexity index is 1400. The normalized spacial score (nSPS) is 17.6. The van der Waals surface area contributed by atoms with Crippen LogP contribution >= 0.6 is 0 Å². The molecule has 6 rings (SSSR count). The molecule has 2 aromatic heterocycles. The van der Waals surface area contributed by atoms with E-state index in [1.54, 1.807) is 18.7 Å². The fourth-order valence-corrected chi connectivity index (χ4v) is 5.89. The Kier molecular flexibility index (Phi) is 6.91. The van der Waals surface area contributed by atoms with E-state index in [0.29, 0.717) is 30.9 Å². The third-order valence-electron chi connectivity index (χ3n) is 8.02. The number of aromatic nitrogens is 3. The molecule has 0 saturated carbocycles. The Morgan fingerprint density at radius 1 is 1.21 bits per heavy atom. The van der Waals surface area contributed by atoms with Crippen molar-refractivity contribution in [2.75, 3.05) is 38.1 Å². The maximum atomic E-state index is 11.8. The van der Waals surface area contributed by atoms with Gasteiger partial charge in [-0.05, 0) is 75.0 Å². The predicted molar refractivity (Wildman–Crippen MR) is 149 cm³/mol. The minimum absolute atomic E-state index is 0.0333. The van der Waals surface area contributed by atoms with Crippen LogP contribution in [0.5, 0.6) is 11.5 Å². The molecule has 2 saturated heterocycles. The van der Waals surface area contributed by atoms with E-state index in [4.69, 9.17) is 9.47 Å². The maximum Gasteiger partial charge on any atom is 0.246 e. The van der Waals surface area contributed by atoms with Gasteiger partial charge in [-0.15, -0.1) is 0 Å². The molecule has 2 fully saturated rings. The van der Waals surface area contributed by atoms with Crippen LogP contribution in [0.15, 0.2) is 49.6 Å². The number of hydrogen-bond acceptors (Lipinski definition) is 8. The lowest BCUT2D eigenvalue weighted by Gasteiger charge is -2.47. The number of nitrogens with zero attached hydrogens (tertiary/aromatic N) is 5. The highest BCUT2D eigenvalue weighted by Crippen LogP contribution is 2.42. The molecule has 9 heteroatoms. The second-order valence-electron chi connectivity index (χ2n) is 10.4. The van der Waals surface area contributed by atoms with Crippen molar-refractivity contribution in [3.8, 4) is 22.8 Å². The molecule has 9 nitrogen and oxygen atoms in total. The summed E-state index contributed by atoms with van der Waals surface area (Å²) < 4.78 is 12.0. The first-order valence-corrected chi connectivity index (χ1v) is 13.7. The number of likely N-dealkylation sites (tertiary alicyclic amines) is 2. The van der Waals surface area contributed by atoms with Gasteiger partial charge in [-0.2, -0.15) is 0 Å². The molecular weight excluding hydrogens is 492 g/mol. The Balaban J connectivity index is 1.19. The second kappa shape index (κ2) is 10.6. The molecular formula is C30H34N6O3. The Hall–Kier alpha value is -3.98. The molecule has 0 unspecified atom stereocenters. The second-order valence-corrected chi connectivity index (χ2v) is 10.4. The number of piperidine rings is 1. The van der Waals surface area contributed by atoms with Crippen LogP contribution in [0.3, 0.4) is 0 Å². The maximum absolute atomic E-state index is 11.8. The van der Waals surface area contributed by atoms with Crippen LogP contribution in [0, 0.1) is 6.92 Å². The van der Waals surface area contributed by atoms with Gasteiger partial charge in [0.2, 0.25) is 5.91 Å². The van der Waals surface area contributed by atoms with Gasteiger partial charge in [-0.3, -0.25) is 14.7 Å². The highest BCUT2D eigenvalue weighted by atomic mass is 16.5. The SMILES string of the molecule is C=CC(=O)N1CC(N2CCC(c3cc(C)c4c(c3)Nc3ncnc(-c5cncc(OCC)c5)c3CO4)CC2)C1. The number of carbonyl (C=O) groups is 1. The summed E-state index contributed by atoms with van der Waals surface area (Å²) in [6.07, 6.45) is 8.67. The summed E-state index contributed by atoms with van der Waals surface area (Å²) in [4.78, 5) is 29.7. The van der Waals surface area contributed by atoms with E-state index < -0.39 is 0 Å². The largest absolute Gasteiger partial charge is 0.492 e. The smallest absolute Gasteiger partial charge is 0.246 e. The van der Waals surface area contributed by atoms with Crippen molar-refractivity contribution in [1.82, 2.24) is 24.8 Å². The first kappa shape index (κ1) is 25.3. The lowest BCUT2D eigenvalue weighted by Crippen LogP contribution is -2.61. The van der Waals surface area contributed by atoms with Crippen LogP contribution in [0.25, 0.3) is 11.3 Å². The van der Waals surface area contributed by atoms with E-state index in [1.807, 2.05) is 17.9 Å². The fraction of sp³-hybridized carbons (Fsp3) is 0.400. The quantitative estimate of drug-likeness (QED) is 0.471. The highest BCUT2D eigenvalue weighted by molar-refractivity contribution is 5.87. The number of ether oxygens (including phenoxy) is 2. The number of benzene rings is 1. The van der Waals surface area contributed by atoms with Gasteiger partial charge in [-0.25, -0.2) is 9.97 Å². The van der Waals surface area contributed by atoms with E-state index in [1.165, 1.54) is 11.6 Å². The molecule has 1 aromatic carbocycles. The van der Waals surface area contributed by atoms with Crippen LogP contribution < -0.4 is 14.8 Å². The molecule has 39 heavy (non-hydrogen) atoms. The number of carbonyl (C=O) groups excluding carboxylic acids is 1. The molecule has 0 atom stereocenters. The minimum atomic E-state index is 0.0333. The zero-order chi connectivity index (χ0) is 26.9. The summed E-state index contributed by atoms with van der Waals surface area (Å²) in [5.41, 5.74) is 5.91. The number of fused-ring (bicyclic) bond motifs is 2. The first-order valence-electron chi connectivity index (χ1n) is 13.7. The molecule has 0 radical (unpaired) electrons. The molecule has 3 aromatic rings. The zero-order valence-electron chi connectivity index (χ0n) is 22.5. The van der Waals surface area contributed by atoms with Gasteiger partial charge in [0.25, 0.3) is 0 Å². The molecule has 3 aliphatic rings. The summed E-state index contributed by atoms with van der Waals surface area (Å²) in [6.45, 7) is 12.3. The van der Waals surface area contributed by atoms with Crippen LogP contribution in [0.1, 0.15) is 42.4 Å². The van der Waals surface area contributed by atoms with Crippen molar-refractivity contribution < 1.29 is 14.3 Å². The number of rotatable bonds is 6. The van der Waals surface area contributed by atoms with Crippen LogP contribution in [-0.2, 0) is 11.4 Å². The fourth-order valence-electron chi connectivity index (χ4n) is 5.89. The Morgan fingerprint density at radius 2 is 2.03 bits per heavy atom. The number of hydrogen-bond donors (Lipinski definition) is 1. The van der Waals surface area contributed by atoms with Crippen molar-refractivity contribution in [2.24, 2.45) is 0 Å². The van der Waals surface area contributed by atoms with Gasteiger partial charge in [0.15, 0.2) is 0 Å². The van der Waals surface area contributed by atoms with E-state index in [2.05, 4.69) is 50.8 Å². The van der Waals surface area contributed by atoms with E-state index in [9.17, 15) is 4.79 Å². The van der Waals surface area contributed by atoms with Crippen molar-refractivity contribution in [2.45, 2.75) is 45.3 Å². The lowest BCUT2D eigenvalue weighted by atomic mass is 9.87. The number of nitrogens with one attached hydrogen (secondary N) is 1. The van der Waals surface area contributed by atoms with Crippen molar-refractivity contribution in [3.05, 3.63) is 66.3 Å².